The van der Waals surface area contributed by atoms with E-state index in [1.165, 1.54) is 0 Å². The fourth-order valence-corrected chi connectivity index (χ4v) is 1.50. The van der Waals surface area contributed by atoms with Crippen LogP contribution in [0.5, 0.6) is 0 Å². The Morgan fingerprint density at radius 1 is 1.69 bits per heavy atom. The third-order valence-corrected chi connectivity index (χ3v) is 2.84. The Kier molecular flexibility index (Phi) is 7.85. The Morgan fingerprint density at radius 3 is 2.69 bits per heavy atom. The van der Waals surface area contributed by atoms with Gasteiger partial charge in [-0.1, -0.05) is 12.7 Å². The van der Waals surface area contributed by atoms with E-state index in [4.69, 9.17) is 4.74 Å². The molecule has 0 spiro atoms. The van der Waals surface area contributed by atoms with Crippen LogP contribution < -0.4 is 68.9 Å². The maximum atomic E-state index is 11.1. The SMILES string of the molecule is C=CCOC(=O)CC1(CS)CC1.[Cs+].[H-]. The van der Waals surface area contributed by atoms with Gasteiger partial charge in [0.15, 0.2) is 0 Å². The van der Waals surface area contributed by atoms with Gasteiger partial charge in [-0.25, -0.2) is 0 Å². The summed E-state index contributed by atoms with van der Waals surface area (Å²) in [6.45, 7) is 3.79. The molecule has 1 rings (SSSR count). The van der Waals surface area contributed by atoms with Gasteiger partial charge >= 0.3 is 74.9 Å². The second-order valence-corrected chi connectivity index (χ2v) is 3.62. The van der Waals surface area contributed by atoms with Crippen LogP contribution in [0.1, 0.15) is 20.7 Å². The Balaban J connectivity index is 0. The van der Waals surface area contributed by atoms with Crippen LogP contribution in [0.25, 0.3) is 0 Å². The first-order chi connectivity index (χ1) is 5.72. The molecule has 4 heteroatoms. The molecule has 2 nitrogen and oxygen atoms in total. The van der Waals surface area contributed by atoms with Crippen LogP contribution in [0, 0.1) is 5.41 Å². The molecule has 0 amide bonds. The van der Waals surface area contributed by atoms with E-state index >= 15 is 0 Å². The summed E-state index contributed by atoms with van der Waals surface area (Å²) >= 11 is 4.20. The normalized spacial score (nSPS) is 17.0. The Morgan fingerprint density at radius 2 is 2.31 bits per heavy atom. The third-order valence-electron chi connectivity index (χ3n) is 2.17. The monoisotopic (exact) mass is 320 g/mol. The first kappa shape index (κ1) is 14.6. The standard InChI is InChI=1S/C9H14O2S.Cs.H/c1-2-5-11-8(10)6-9(7-12)3-4-9;;/h2,12H,1,3-7H2;;/q;+1;-1. The molecule has 13 heavy (non-hydrogen) atoms. The molecule has 0 atom stereocenters. The minimum Gasteiger partial charge on any atom is -1.00 e. The van der Waals surface area contributed by atoms with E-state index < -0.39 is 0 Å². The van der Waals surface area contributed by atoms with E-state index in [0.717, 1.165) is 18.6 Å². The van der Waals surface area contributed by atoms with Crippen molar-refractivity contribution in [1.82, 2.24) is 0 Å². The average Bonchev–Trinajstić information content (AvgIpc) is 2.82. The van der Waals surface area contributed by atoms with Gasteiger partial charge in [-0.05, 0) is 24.0 Å². The Bertz CT molecular complexity index is 195. The number of rotatable bonds is 5. The fourth-order valence-electron chi connectivity index (χ4n) is 1.08. The molecule has 1 aliphatic rings. The maximum absolute atomic E-state index is 11.1. The van der Waals surface area contributed by atoms with Gasteiger partial charge in [-0.15, -0.1) is 0 Å². The molecule has 1 fully saturated rings. The van der Waals surface area contributed by atoms with Gasteiger partial charge in [0.1, 0.15) is 6.61 Å². The largest absolute Gasteiger partial charge is 1.00 e. The van der Waals surface area contributed by atoms with E-state index in [1.54, 1.807) is 6.08 Å². The molecule has 0 aliphatic heterocycles. The summed E-state index contributed by atoms with van der Waals surface area (Å²) in [6.07, 6.45) is 4.32. The van der Waals surface area contributed by atoms with Crippen molar-refractivity contribution in [2.45, 2.75) is 19.3 Å². The van der Waals surface area contributed by atoms with Crippen molar-refractivity contribution >= 4 is 18.6 Å². The molecule has 1 saturated carbocycles. The number of carbonyl (C=O) groups excluding carboxylic acids is 1. The van der Waals surface area contributed by atoms with Gasteiger partial charge in [-0.3, -0.25) is 4.79 Å². The minimum atomic E-state index is -0.124. The Labute approximate surface area is 145 Å². The molecule has 0 unspecified atom stereocenters. The summed E-state index contributed by atoms with van der Waals surface area (Å²) in [5.74, 6) is 0.664. The summed E-state index contributed by atoms with van der Waals surface area (Å²) in [7, 11) is 0. The molecule has 0 heterocycles. The molecule has 70 valence electrons. The minimum absolute atomic E-state index is 0. The van der Waals surface area contributed by atoms with Gasteiger partial charge < -0.3 is 6.16 Å². The number of carbonyl (C=O) groups is 1. The van der Waals surface area contributed by atoms with Crippen molar-refractivity contribution in [1.29, 1.82) is 0 Å². The van der Waals surface area contributed by atoms with E-state index in [9.17, 15) is 4.79 Å². The number of esters is 1. The second-order valence-electron chi connectivity index (χ2n) is 3.31. The molecular weight excluding hydrogens is 305 g/mol. The average molecular weight is 320 g/mol. The van der Waals surface area contributed by atoms with Crippen LogP contribution in [0.3, 0.4) is 0 Å². The summed E-state index contributed by atoms with van der Waals surface area (Å²) in [5, 5.41) is 0. The van der Waals surface area contributed by atoms with E-state index in [-0.39, 0.29) is 81.7 Å². The molecule has 0 bridgehead atoms. The van der Waals surface area contributed by atoms with Crippen molar-refractivity contribution in [2.75, 3.05) is 12.4 Å². The summed E-state index contributed by atoms with van der Waals surface area (Å²) < 4.78 is 4.88. The van der Waals surface area contributed by atoms with Gasteiger partial charge in [0, 0.05) is 0 Å². The van der Waals surface area contributed by atoms with Crippen molar-refractivity contribution in [3.63, 3.8) is 0 Å². The van der Waals surface area contributed by atoms with Crippen molar-refractivity contribution < 1.29 is 79.9 Å². The maximum Gasteiger partial charge on any atom is 1.00 e. The second kappa shape index (κ2) is 6.98. The molecule has 0 N–H and O–H groups in total. The zero-order chi connectivity index (χ0) is 9.03. The number of hydrogen-bond donors (Lipinski definition) is 1. The van der Waals surface area contributed by atoms with Gasteiger partial charge in [0.05, 0.1) is 6.42 Å². The number of ether oxygens (including phenoxy) is 1. The topological polar surface area (TPSA) is 26.3 Å². The van der Waals surface area contributed by atoms with Crippen LogP contribution in [0.2, 0.25) is 0 Å². The summed E-state index contributed by atoms with van der Waals surface area (Å²) in [6, 6.07) is 0. The quantitative estimate of drug-likeness (QED) is 0.397. The van der Waals surface area contributed by atoms with Crippen LogP contribution in [-0.4, -0.2) is 18.3 Å². The summed E-state index contributed by atoms with van der Waals surface area (Å²) in [5.41, 5.74) is 0.168. The first-order valence-electron chi connectivity index (χ1n) is 4.10. The van der Waals surface area contributed by atoms with Gasteiger partial charge in [-0.2, -0.15) is 12.6 Å². The van der Waals surface area contributed by atoms with Crippen molar-refractivity contribution in [3.05, 3.63) is 12.7 Å². The molecular formula is C9H15CsO2S. The van der Waals surface area contributed by atoms with Crippen molar-refractivity contribution in [2.24, 2.45) is 5.41 Å². The number of thiol groups is 1. The predicted octanol–water partition coefficient (Wildman–Crippen LogP) is -1.07. The first-order valence-corrected chi connectivity index (χ1v) is 4.73. The molecule has 0 aromatic carbocycles. The van der Waals surface area contributed by atoms with E-state index in [0.29, 0.717) is 13.0 Å². The smallest absolute Gasteiger partial charge is 1.00 e. The fraction of sp³-hybridized carbons (Fsp3) is 0.667. The molecule has 0 saturated heterocycles. The zero-order valence-electron chi connectivity index (χ0n) is 9.08. The molecule has 0 aromatic rings. The van der Waals surface area contributed by atoms with E-state index in [1.807, 2.05) is 0 Å². The predicted molar refractivity (Wildman–Crippen MR) is 52.4 cm³/mol. The summed E-state index contributed by atoms with van der Waals surface area (Å²) in [4.78, 5) is 11.1. The van der Waals surface area contributed by atoms with Crippen molar-refractivity contribution in [3.8, 4) is 0 Å². The zero-order valence-corrected chi connectivity index (χ0v) is 15.3. The number of hydrogen-bond acceptors (Lipinski definition) is 3. The van der Waals surface area contributed by atoms with Crippen LogP contribution >= 0.6 is 12.6 Å². The Hall–Kier alpha value is 1.61. The van der Waals surface area contributed by atoms with Crippen LogP contribution in [-0.2, 0) is 9.53 Å². The van der Waals surface area contributed by atoms with Crippen LogP contribution in [0.15, 0.2) is 12.7 Å². The molecule has 1 aliphatic carbocycles. The molecule has 0 aromatic heterocycles. The third kappa shape index (κ3) is 5.30. The van der Waals surface area contributed by atoms with Gasteiger partial charge in [0.2, 0.25) is 0 Å². The van der Waals surface area contributed by atoms with Gasteiger partial charge in [0.25, 0.3) is 0 Å². The van der Waals surface area contributed by atoms with Crippen LogP contribution in [0.4, 0.5) is 0 Å². The van der Waals surface area contributed by atoms with E-state index in [2.05, 4.69) is 19.2 Å². The molecule has 0 radical (unpaired) electrons.